The third-order valence-corrected chi connectivity index (χ3v) is 3.69. The molecule has 22 heavy (non-hydrogen) atoms. The molecule has 0 aliphatic rings. The molecule has 4 nitrogen and oxygen atoms in total. The summed E-state index contributed by atoms with van der Waals surface area (Å²) in [6, 6.07) is 12.3. The molecule has 0 atom stereocenters. The molecule has 2 aromatic carbocycles. The molecule has 0 radical (unpaired) electrons. The molecule has 2 N–H and O–H groups in total. The average molecular weight is 317 g/mol. The van der Waals surface area contributed by atoms with Crippen LogP contribution in [0.3, 0.4) is 0 Å². The lowest BCUT2D eigenvalue weighted by molar-refractivity contribution is -0.114. The number of nitrogens with one attached hydrogen (secondary N) is 2. The SMILES string of the molecule is CC(=O)c1ccc(NC(=O)CNc2cccc(Cl)c2C)cc1. The van der Waals surface area contributed by atoms with Gasteiger partial charge in [0.1, 0.15) is 0 Å². The smallest absolute Gasteiger partial charge is 0.243 e. The molecule has 5 heteroatoms. The molecular weight excluding hydrogens is 300 g/mol. The van der Waals surface area contributed by atoms with E-state index in [0.29, 0.717) is 16.3 Å². The number of amides is 1. The van der Waals surface area contributed by atoms with Crippen LogP contribution in [0.25, 0.3) is 0 Å². The van der Waals surface area contributed by atoms with Crippen molar-refractivity contribution in [2.75, 3.05) is 17.2 Å². The first kappa shape index (κ1) is 16.0. The second-order valence-corrected chi connectivity index (χ2v) is 5.35. The molecule has 0 heterocycles. The second-order valence-electron chi connectivity index (χ2n) is 4.95. The number of Topliss-reactive ketones (excluding diaryl/α,β-unsaturated/α-hetero) is 1. The lowest BCUT2D eigenvalue weighted by atomic mass is 10.1. The van der Waals surface area contributed by atoms with Gasteiger partial charge in [-0.2, -0.15) is 0 Å². The summed E-state index contributed by atoms with van der Waals surface area (Å²) in [5.41, 5.74) is 3.00. The Morgan fingerprint density at radius 1 is 1.09 bits per heavy atom. The zero-order chi connectivity index (χ0) is 16.1. The monoisotopic (exact) mass is 316 g/mol. The van der Waals surface area contributed by atoms with Crippen LogP contribution >= 0.6 is 11.6 Å². The van der Waals surface area contributed by atoms with E-state index in [2.05, 4.69) is 10.6 Å². The predicted octanol–water partition coefficient (Wildman–Crippen LogP) is 3.90. The van der Waals surface area contributed by atoms with Gasteiger partial charge in [-0.05, 0) is 55.8 Å². The van der Waals surface area contributed by atoms with Crippen LogP contribution in [0, 0.1) is 6.92 Å². The van der Waals surface area contributed by atoms with Crippen LogP contribution in [0.1, 0.15) is 22.8 Å². The minimum absolute atomic E-state index is 0.00373. The summed E-state index contributed by atoms with van der Waals surface area (Å²) in [5.74, 6) is -0.175. The predicted molar refractivity (Wildman–Crippen MR) is 89.8 cm³/mol. The quantitative estimate of drug-likeness (QED) is 0.822. The van der Waals surface area contributed by atoms with Crippen LogP contribution in [-0.4, -0.2) is 18.2 Å². The molecule has 0 aliphatic heterocycles. The van der Waals surface area contributed by atoms with Gasteiger partial charge in [-0.25, -0.2) is 0 Å². The van der Waals surface area contributed by atoms with Gasteiger partial charge in [-0.1, -0.05) is 17.7 Å². The summed E-state index contributed by atoms with van der Waals surface area (Å²) < 4.78 is 0. The number of carbonyl (C=O) groups excluding carboxylic acids is 2. The first-order valence-electron chi connectivity index (χ1n) is 6.87. The molecule has 0 saturated heterocycles. The molecule has 0 aliphatic carbocycles. The summed E-state index contributed by atoms with van der Waals surface area (Å²) in [6.45, 7) is 3.53. The Bertz CT molecular complexity index is 696. The van der Waals surface area contributed by atoms with Crippen molar-refractivity contribution in [3.63, 3.8) is 0 Å². The van der Waals surface area contributed by atoms with Crippen molar-refractivity contribution >= 4 is 34.7 Å². The number of rotatable bonds is 5. The van der Waals surface area contributed by atoms with E-state index in [1.165, 1.54) is 6.92 Å². The van der Waals surface area contributed by atoms with E-state index < -0.39 is 0 Å². The molecule has 2 rings (SSSR count). The van der Waals surface area contributed by atoms with Crippen molar-refractivity contribution < 1.29 is 9.59 Å². The number of halogens is 1. The maximum absolute atomic E-state index is 11.9. The lowest BCUT2D eigenvalue weighted by Gasteiger charge is -2.11. The molecule has 2 aromatic rings. The van der Waals surface area contributed by atoms with Crippen molar-refractivity contribution in [1.29, 1.82) is 0 Å². The molecule has 0 spiro atoms. The summed E-state index contributed by atoms with van der Waals surface area (Å²) in [5, 5.41) is 6.48. The summed E-state index contributed by atoms with van der Waals surface area (Å²) in [7, 11) is 0. The molecule has 1 amide bonds. The fourth-order valence-electron chi connectivity index (χ4n) is 1.97. The van der Waals surface area contributed by atoms with Crippen LogP contribution < -0.4 is 10.6 Å². The molecular formula is C17H17ClN2O2. The zero-order valence-electron chi connectivity index (χ0n) is 12.4. The Balaban J connectivity index is 1.93. The highest BCUT2D eigenvalue weighted by molar-refractivity contribution is 6.31. The Morgan fingerprint density at radius 2 is 1.77 bits per heavy atom. The Kier molecular flexibility index (Phi) is 5.17. The van der Waals surface area contributed by atoms with Crippen molar-refractivity contribution in [1.82, 2.24) is 0 Å². The largest absolute Gasteiger partial charge is 0.376 e. The summed E-state index contributed by atoms with van der Waals surface area (Å²) in [4.78, 5) is 23.1. The normalized spacial score (nSPS) is 10.1. The molecule has 0 bridgehead atoms. The Morgan fingerprint density at radius 3 is 2.41 bits per heavy atom. The number of hydrogen-bond acceptors (Lipinski definition) is 3. The van der Waals surface area contributed by atoms with Gasteiger partial charge < -0.3 is 10.6 Å². The van der Waals surface area contributed by atoms with E-state index in [0.717, 1.165) is 11.3 Å². The van der Waals surface area contributed by atoms with Gasteiger partial charge in [0.2, 0.25) is 5.91 Å². The number of carbonyl (C=O) groups is 2. The number of ketones is 1. The van der Waals surface area contributed by atoms with Crippen LogP contribution in [0.15, 0.2) is 42.5 Å². The van der Waals surface area contributed by atoms with E-state index >= 15 is 0 Å². The number of hydrogen-bond donors (Lipinski definition) is 2. The second kappa shape index (κ2) is 7.09. The van der Waals surface area contributed by atoms with Gasteiger partial charge in [0.25, 0.3) is 0 Å². The van der Waals surface area contributed by atoms with Gasteiger partial charge >= 0.3 is 0 Å². The Hall–Kier alpha value is -2.33. The highest BCUT2D eigenvalue weighted by Crippen LogP contribution is 2.22. The minimum atomic E-state index is -0.171. The van der Waals surface area contributed by atoms with Gasteiger partial charge in [0.15, 0.2) is 5.78 Å². The summed E-state index contributed by atoms with van der Waals surface area (Å²) in [6.07, 6.45) is 0. The maximum atomic E-state index is 11.9. The van der Waals surface area contributed by atoms with Crippen LogP contribution in [0.4, 0.5) is 11.4 Å². The Labute approximate surface area is 134 Å². The van der Waals surface area contributed by atoms with Crippen molar-refractivity contribution in [3.8, 4) is 0 Å². The van der Waals surface area contributed by atoms with Gasteiger partial charge in [-0.15, -0.1) is 0 Å². The van der Waals surface area contributed by atoms with Crippen LogP contribution in [0.2, 0.25) is 5.02 Å². The molecule has 0 aromatic heterocycles. The van der Waals surface area contributed by atoms with Crippen molar-refractivity contribution in [2.24, 2.45) is 0 Å². The number of benzene rings is 2. The van der Waals surface area contributed by atoms with Gasteiger partial charge in [0.05, 0.1) is 6.54 Å². The highest BCUT2D eigenvalue weighted by atomic mass is 35.5. The molecule has 0 saturated carbocycles. The van der Waals surface area contributed by atoms with E-state index in [4.69, 9.17) is 11.6 Å². The third kappa shape index (κ3) is 4.09. The zero-order valence-corrected chi connectivity index (χ0v) is 13.2. The topological polar surface area (TPSA) is 58.2 Å². The highest BCUT2D eigenvalue weighted by Gasteiger charge is 2.06. The first-order valence-corrected chi connectivity index (χ1v) is 7.25. The average Bonchev–Trinajstić information content (AvgIpc) is 2.49. The molecule has 0 unspecified atom stereocenters. The fraction of sp³-hybridized carbons (Fsp3) is 0.176. The lowest BCUT2D eigenvalue weighted by Crippen LogP contribution is -2.22. The fourth-order valence-corrected chi connectivity index (χ4v) is 2.14. The van der Waals surface area contributed by atoms with E-state index in [1.807, 2.05) is 19.1 Å². The summed E-state index contributed by atoms with van der Waals surface area (Å²) >= 11 is 6.03. The van der Waals surface area contributed by atoms with Crippen molar-refractivity contribution in [3.05, 3.63) is 58.6 Å². The van der Waals surface area contributed by atoms with Crippen LogP contribution in [-0.2, 0) is 4.79 Å². The minimum Gasteiger partial charge on any atom is -0.376 e. The van der Waals surface area contributed by atoms with Crippen molar-refractivity contribution in [2.45, 2.75) is 13.8 Å². The van der Waals surface area contributed by atoms with Gasteiger partial charge in [0, 0.05) is 22.0 Å². The van der Waals surface area contributed by atoms with Crippen LogP contribution in [0.5, 0.6) is 0 Å². The molecule has 114 valence electrons. The standard InChI is InChI=1S/C17H17ClN2O2/c1-11-15(18)4-3-5-16(11)19-10-17(22)20-14-8-6-13(7-9-14)12(2)21/h3-9,19H,10H2,1-2H3,(H,20,22). The third-order valence-electron chi connectivity index (χ3n) is 3.28. The van der Waals surface area contributed by atoms with Gasteiger partial charge in [-0.3, -0.25) is 9.59 Å². The van der Waals surface area contributed by atoms with E-state index in [9.17, 15) is 9.59 Å². The molecule has 0 fully saturated rings. The maximum Gasteiger partial charge on any atom is 0.243 e. The first-order chi connectivity index (χ1) is 10.5. The number of anilines is 2. The van der Waals surface area contributed by atoms with E-state index in [-0.39, 0.29) is 18.2 Å². The van der Waals surface area contributed by atoms with E-state index in [1.54, 1.807) is 30.3 Å².